The molecule has 1 aliphatic carbocycles. The van der Waals surface area contributed by atoms with Crippen molar-refractivity contribution in [2.75, 3.05) is 0 Å². The highest BCUT2D eigenvalue weighted by Crippen LogP contribution is 2.37. The van der Waals surface area contributed by atoms with Crippen LogP contribution in [0.1, 0.15) is 48.6 Å². The second kappa shape index (κ2) is 6.27. The zero-order chi connectivity index (χ0) is 16.5. The minimum absolute atomic E-state index is 0.567. The minimum atomic E-state index is 0.567. The molecular weight excluding hydrogens is 294 g/mol. The number of aryl methyl sites for hydroxylation is 1. The number of benzene rings is 2. The summed E-state index contributed by atoms with van der Waals surface area (Å²) in [4.78, 5) is 0. The quantitative estimate of drug-likeness (QED) is 0.583. The van der Waals surface area contributed by atoms with Gasteiger partial charge < -0.3 is 4.42 Å². The summed E-state index contributed by atoms with van der Waals surface area (Å²) in [6.45, 7) is 4.37. The van der Waals surface area contributed by atoms with Crippen LogP contribution in [-0.2, 0) is 0 Å². The van der Waals surface area contributed by atoms with Gasteiger partial charge in [-0.2, -0.15) is 0 Å². The van der Waals surface area contributed by atoms with Gasteiger partial charge in [-0.05, 0) is 31.9 Å². The van der Waals surface area contributed by atoms with Gasteiger partial charge in [0.1, 0.15) is 0 Å². The highest BCUT2D eigenvalue weighted by atomic mass is 16.4. The normalized spacial score (nSPS) is 15.1. The molecule has 122 valence electrons. The molecule has 0 aliphatic heterocycles. The van der Waals surface area contributed by atoms with Crippen molar-refractivity contribution in [3.8, 4) is 17.1 Å². The Bertz CT molecular complexity index is 842. The summed E-state index contributed by atoms with van der Waals surface area (Å²) in [5.41, 5.74) is 4.85. The molecule has 1 heterocycles. The van der Waals surface area contributed by atoms with Crippen molar-refractivity contribution in [3.63, 3.8) is 0 Å². The molecule has 4 rings (SSSR count). The van der Waals surface area contributed by atoms with Crippen LogP contribution < -0.4 is 4.57 Å². The number of rotatable bonds is 3. The number of hydrogen-bond acceptors (Lipinski definition) is 1. The summed E-state index contributed by atoms with van der Waals surface area (Å²) in [6.07, 6.45) is 5.12. The number of nitrogens with zero attached hydrogens (tertiary/aromatic N) is 1. The van der Waals surface area contributed by atoms with E-state index in [1.807, 2.05) is 0 Å². The molecule has 0 saturated heterocycles. The molecule has 0 bridgehead atoms. The van der Waals surface area contributed by atoms with Crippen molar-refractivity contribution >= 4 is 0 Å². The molecule has 0 radical (unpaired) electrons. The van der Waals surface area contributed by atoms with Crippen molar-refractivity contribution in [1.82, 2.24) is 0 Å². The second-order valence-electron chi connectivity index (χ2n) is 6.83. The predicted molar refractivity (Wildman–Crippen MR) is 96.4 cm³/mol. The van der Waals surface area contributed by atoms with Gasteiger partial charge in [0.25, 0.3) is 0 Å². The van der Waals surface area contributed by atoms with Gasteiger partial charge >= 0.3 is 5.89 Å². The highest BCUT2D eigenvalue weighted by Gasteiger charge is 2.34. The summed E-state index contributed by atoms with van der Waals surface area (Å²) in [5.74, 6) is 2.69. The average molecular weight is 318 g/mol. The zero-order valence-electron chi connectivity index (χ0n) is 14.5. The summed E-state index contributed by atoms with van der Waals surface area (Å²) >= 11 is 0. The Morgan fingerprint density at radius 2 is 1.54 bits per heavy atom. The Morgan fingerprint density at radius 3 is 2.25 bits per heavy atom. The largest absolute Gasteiger partial charge is 0.402 e. The summed E-state index contributed by atoms with van der Waals surface area (Å²) in [7, 11) is 0. The smallest absolute Gasteiger partial charge is 0.386 e. The van der Waals surface area contributed by atoms with Crippen LogP contribution >= 0.6 is 0 Å². The van der Waals surface area contributed by atoms with Gasteiger partial charge in [-0.15, -0.1) is 4.57 Å². The van der Waals surface area contributed by atoms with Gasteiger partial charge in [0.2, 0.25) is 11.4 Å². The first kappa shape index (κ1) is 15.2. The molecular formula is C22H24NO+. The third kappa shape index (κ3) is 2.56. The molecule has 0 N–H and O–H groups in total. The number of para-hydroxylation sites is 1. The van der Waals surface area contributed by atoms with Crippen LogP contribution in [0.5, 0.6) is 0 Å². The number of hydrogen-bond donors (Lipinski definition) is 0. The fourth-order valence-electron chi connectivity index (χ4n) is 3.93. The summed E-state index contributed by atoms with van der Waals surface area (Å²) in [5, 5.41) is 0. The highest BCUT2D eigenvalue weighted by molar-refractivity contribution is 5.52. The van der Waals surface area contributed by atoms with Crippen molar-refractivity contribution < 1.29 is 8.98 Å². The fraction of sp³-hybridized carbons (Fsp3) is 0.318. The summed E-state index contributed by atoms with van der Waals surface area (Å²) in [6, 6.07) is 19.0. The lowest BCUT2D eigenvalue weighted by molar-refractivity contribution is -0.593. The van der Waals surface area contributed by atoms with E-state index >= 15 is 0 Å². The van der Waals surface area contributed by atoms with E-state index in [1.165, 1.54) is 48.4 Å². The molecule has 1 saturated carbocycles. The Kier molecular flexibility index (Phi) is 3.97. The monoisotopic (exact) mass is 318 g/mol. The van der Waals surface area contributed by atoms with E-state index in [0.29, 0.717) is 5.92 Å². The molecule has 1 fully saturated rings. The van der Waals surface area contributed by atoms with Crippen LogP contribution in [-0.4, -0.2) is 0 Å². The predicted octanol–water partition coefficient (Wildman–Crippen LogP) is 5.50. The lowest BCUT2D eigenvalue weighted by atomic mass is 10.0. The molecule has 2 aromatic carbocycles. The van der Waals surface area contributed by atoms with Gasteiger partial charge in [0.15, 0.2) is 5.76 Å². The Balaban J connectivity index is 1.94. The third-order valence-electron chi connectivity index (χ3n) is 5.20. The van der Waals surface area contributed by atoms with Crippen LogP contribution in [0.15, 0.2) is 59.0 Å². The molecule has 24 heavy (non-hydrogen) atoms. The van der Waals surface area contributed by atoms with Crippen LogP contribution in [0, 0.1) is 13.8 Å². The van der Waals surface area contributed by atoms with Crippen molar-refractivity contribution in [3.05, 3.63) is 71.6 Å². The van der Waals surface area contributed by atoms with Gasteiger partial charge in [-0.25, -0.2) is 0 Å². The first-order chi connectivity index (χ1) is 11.8. The van der Waals surface area contributed by atoms with Crippen molar-refractivity contribution in [1.29, 1.82) is 0 Å². The first-order valence-electron chi connectivity index (χ1n) is 8.92. The number of aromatic nitrogens is 1. The van der Waals surface area contributed by atoms with Crippen LogP contribution in [0.2, 0.25) is 0 Å². The summed E-state index contributed by atoms with van der Waals surface area (Å²) < 4.78 is 8.79. The Hall–Kier alpha value is -2.35. The second-order valence-corrected chi connectivity index (χ2v) is 6.83. The molecule has 3 aromatic rings. The molecule has 1 aromatic heterocycles. The van der Waals surface area contributed by atoms with E-state index in [4.69, 9.17) is 4.42 Å². The van der Waals surface area contributed by atoms with Gasteiger partial charge in [0, 0.05) is 24.5 Å². The Labute approximate surface area is 143 Å². The lowest BCUT2D eigenvalue weighted by Gasteiger charge is -2.03. The molecule has 1 aliphatic rings. The van der Waals surface area contributed by atoms with E-state index in [9.17, 15) is 0 Å². The lowest BCUT2D eigenvalue weighted by Crippen LogP contribution is -2.35. The van der Waals surface area contributed by atoms with Crippen LogP contribution in [0.3, 0.4) is 0 Å². The molecule has 0 amide bonds. The maximum absolute atomic E-state index is 6.49. The van der Waals surface area contributed by atoms with Gasteiger partial charge in [-0.1, -0.05) is 49.2 Å². The van der Waals surface area contributed by atoms with Gasteiger partial charge in [0.05, 0.1) is 5.56 Å². The van der Waals surface area contributed by atoms with E-state index < -0.39 is 0 Å². The SMILES string of the molecule is Cc1ccccc1-[n+]1c(-c2ccccc2)oc(C2CCCC2)c1C. The standard InChI is InChI=1S/C22H24NO/c1-16-10-6-9-15-20(16)23-17(2)21(18-11-7-8-12-18)24-22(23)19-13-4-3-5-14-19/h3-6,9-10,13-15,18H,7-8,11-12H2,1-2H3/q+1. The first-order valence-corrected chi connectivity index (χ1v) is 8.92. The van der Waals surface area contributed by atoms with E-state index in [-0.39, 0.29) is 0 Å². The maximum Gasteiger partial charge on any atom is 0.386 e. The molecule has 0 spiro atoms. The van der Waals surface area contributed by atoms with Crippen molar-refractivity contribution in [2.45, 2.75) is 45.4 Å². The Morgan fingerprint density at radius 1 is 0.875 bits per heavy atom. The molecule has 0 unspecified atom stereocenters. The zero-order valence-corrected chi connectivity index (χ0v) is 14.5. The van der Waals surface area contributed by atoms with E-state index in [2.05, 4.69) is 73.0 Å². The minimum Gasteiger partial charge on any atom is -0.402 e. The van der Waals surface area contributed by atoms with E-state index in [1.54, 1.807) is 0 Å². The van der Waals surface area contributed by atoms with Crippen LogP contribution in [0.4, 0.5) is 0 Å². The molecule has 2 heteroatoms. The van der Waals surface area contributed by atoms with E-state index in [0.717, 1.165) is 11.5 Å². The van der Waals surface area contributed by atoms with Gasteiger partial charge in [-0.3, -0.25) is 0 Å². The topological polar surface area (TPSA) is 17.0 Å². The maximum atomic E-state index is 6.49. The molecule has 2 nitrogen and oxygen atoms in total. The number of oxazole rings is 1. The fourth-order valence-corrected chi connectivity index (χ4v) is 3.93. The average Bonchev–Trinajstić information content (AvgIpc) is 3.24. The van der Waals surface area contributed by atoms with Crippen molar-refractivity contribution in [2.24, 2.45) is 0 Å². The molecule has 0 atom stereocenters. The van der Waals surface area contributed by atoms with Crippen LogP contribution in [0.25, 0.3) is 17.1 Å². The third-order valence-corrected chi connectivity index (χ3v) is 5.20.